The van der Waals surface area contributed by atoms with Gasteiger partial charge in [0, 0.05) is 16.1 Å². The van der Waals surface area contributed by atoms with Crippen molar-refractivity contribution in [3.05, 3.63) is 64.3 Å². The number of ether oxygens (including phenoxy) is 2. The van der Waals surface area contributed by atoms with Gasteiger partial charge in [-0.05, 0) is 55.0 Å². The largest absolute Gasteiger partial charge is 0.495 e. The highest BCUT2D eigenvalue weighted by atomic mass is 35.5. The molecule has 4 rings (SSSR count). The number of carbonyl (C=O) groups is 2. The smallest absolute Gasteiger partial charge is 0.339 e. The van der Waals surface area contributed by atoms with Crippen molar-refractivity contribution in [2.75, 3.05) is 19.0 Å². The van der Waals surface area contributed by atoms with Gasteiger partial charge in [0.1, 0.15) is 5.75 Å². The van der Waals surface area contributed by atoms with E-state index in [4.69, 9.17) is 26.1 Å². The lowest BCUT2D eigenvalue weighted by Crippen LogP contribution is -2.23. The van der Waals surface area contributed by atoms with Gasteiger partial charge in [-0.1, -0.05) is 36.7 Å². The molecule has 1 aliphatic carbocycles. The van der Waals surface area contributed by atoms with Gasteiger partial charge in [-0.15, -0.1) is 0 Å². The van der Waals surface area contributed by atoms with Crippen LogP contribution in [0.3, 0.4) is 0 Å². The van der Waals surface area contributed by atoms with E-state index in [1.165, 1.54) is 7.11 Å². The molecule has 0 bridgehead atoms. The zero-order valence-electron chi connectivity index (χ0n) is 17.4. The predicted octanol–water partition coefficient (Wildman–Crippen LogP) is 4.82. The number of rotatable bonds is 5. The van der Waals surface area contributed by atoms with E-state index in [9.17, 15) is 9.59 Å². The second-order valence-corrected chi connectivity index (χ2v) is 8.18. The summed E-state index contributed by atoms with van der Waals surface area (Å²) in [5.74, 6) is -0.0699. The molecule has 0 saturated carbocycles. The summed E-state index contributed by atoms with van der Waals surface area (Å²) in [6.45, 7) is 1.74. The van der Waals surface area contributed by atoms with Crippen molar-refractivity contribution in [2.45, 2.75) is 26.2 Å². The van der Waals surface area contributed by atoms with Gasteiger partial charge in [0.05, 0.1) is 23.9 Å². The number of methoxy groups -OCH3 is 1. The Bertz CT molecular complexity index is 1160. The first kappa shape index (κ1) is 21.1. The average Bonchev–Trinajstić information content (AvgIpc) is 2.76. The van der Waals surface area contributed by atoms with E-state index in [0.717, 1.165) is 41.4 Å². The van der Waals surface area contributed by atoms with Gasteiger partial charge in [-0.2, -0.15) is 0 Å². The third-order valence-electron chi connectivity index (χ3n) is 5.48. The Hall–Kier alpha value is -3.12. The molecular formula is C24H23ClN2O4. The molecule has 31 heavy (non-hydrogen) atoms. The number of benzene rings is 2. The van der Waals surface area contributed by atoms with Crippen LogP contribution in [0, 0.1) is 5.92 Å². The lowest BCUT2D eigenvalue weighted by molar-refractivity contribution is -0.119. The van der Waals surface area contributed by atoms with E-state index in [1.54, 1.807) is 18.2 Å². The zero-order valence-corrected chi connectivity index (χ0v) is 18.2. The lowest BCUT2D eigenvalue weighted by Gasteiger charge is -2.24. The summed E-state index contributed by atoms with van der Waals surface area (Å²) < 4.78 is 10.7. The first-order valence-electron chi connectivity index (χ1n) is 10.2. The van der Waals surface area contributed by atoms with Gasteiger partial charge in [0.2, 0.25) is 0 Å². The molecule has 0 spiro atoms. The van der Waals surface area contributed by atoms with Crippen molar-refractivity contribution in [3.63, 3.8) is 0 Å². The zero-order chi connectivity index (χ0) is 22.0. The maximum atomic E-state index is 13.1. The molecule has 160 valence electrons. The first-order chi connectivity index (χ1) is 15.0. The maximum Gasteiger partial charge on any atom is 0.339 e. The van der Waals surface area contributed by atoms with Crippen LogP contribution in [0.5, 0.6) is 5.75 Å². The molecule has 1 heterocycles. The van der Waals surface area contributed by atoms with Crippen molar-refractivity contribution in [1.82, 2.24) is 4.98 Å². The van der Waals surface area contributed by atoms with E-state index >= 15 is 0 Å². The van der Waals surface area contributed by atoms with Crippen molar-refractivity contribution in [3.8, 4) is 5.75 Å². The number of anilines is 1. The quantitative estimate of drug-likeness (QED) is 0.578. The lowest BCUT2D eigenvalue weighted by atomic mass is 9.84. The van der Waals surface area contributed by atoms with Gasteiger partial charge in [-0.3, -0.25) is 9.78 Å². The molecule has 7 heteroatoms. The van der Waals surface area contributed by atoms with Crippen LogP contribution in [0.15, 0.2) is 42.5 Å². The fraction of sp³-hybridized carbons (Fsp3) is 0.292. The van der Waals surface area contributed by atoms with Crippen LogP contribution in [0.25, 0.3) is 10.9 Å². The Balaban J connectivity index is 1.56. The Labute approximate surface area is 185 Å². The Morgan fingerprint density at radius 1 is 1.23 bits per heavy atom. The van der Waals surface area contributed by atoms with Gasteiger partial charge >= 0.3 is 5.97 Å². The van der Waals surface area contributed by atoms with Crippen LogP contribution in [-0.2, 0) is 22.4 Å². The van der Waals surface area contributed by atoms with Crippen molar-refractivity contribution in [1.29, 1.82) is 0 Å². The van der Waals surface area contributed by atoms with Crippen molar-refractivity contribution < 1.29 is 19.1 Å². The van der Waals surface area contributed by atoms with Gasteiger partial charge in [0.25, 0.3) is 5.91 Å². The number of halogens is 1. The average molecular weight is 439 g/mol. The van der Waals surface area contributed by atoms with E-state index in [1.807, 2.05) is 24.3 Å². The van der Waals surface area contributed by atoms with Crippen LogP contribution in [0.2, 0.25) is 5.02 Å². The summed E-state index contributed by atoms with van der Waals surface area (Å²) >= 11 is 6.00. The fourth-order valence-corrected chi connectivity index (χ4v) is 4.14. The number of nitrogens with zero attached hydrogens (tertiary/aromatic N) is 1. The molecule has 1 amide bonds. The number of hydrogen-bond acceptors (Lipinski definition) is 5. The summed E-state index contributed by atoms with van der Waals surface area (Å²) in [6, 6.07) is 12.4. The highest BCUT2D eigenvalue weighted by Gasteiger charge is 2.26. The standard InChI is InChI=1S/C24H23ClN2O4/c1-14-7-9-19-17(11-14)23(16-5-3-4-6-18(16)26-19)24(29)31-13-22(28)27-20-12-15(25)8-10-21(20)30-2/h3-6,8,10,12,14H,7,9,11,13H2,1-2H3,(H,27,28)/t14-/m0/s1. The summed E-state index contributed by atoms with van der Waals surface area (Å²) in [5, 5.41) is 3.88. The number of esters is 1. The molecule has 0 aliphatic heterocycles. The second-order valence-electron chi connectivity index (χ2n) is 7.75. The molecule has 3 aromatic rings. The highest BCUT2D eigenvalue weighted by molar-refractivity contribution is 6.31. The van der Waals surface area contributed by atoms with E-state index in [2.05, 4.69) is 12.2 Å². The van der Waals surface area contributed by atoms with Crippen molar-refractivity contribution >= 4 is 40.1 Å². The number of fused-ring (bicyclic) bond motifs is 2. The molecule has 2 aromatic carbocycles. The third kappa shape index (κ3) is 4.49. The number of pyridine rings is 1. The molecule has 1 aliphatic rings. The van der Waals surface area contributed by atoms with Crippen LogP contribution in [-0.4, -0.2) is 30.6 Å². The summed E-state index contributed by atoms with van der Waals surface area (Å²) in [7, 11) is 1.50. The number of hydrogen-bond donors (Lipinski definition) is 1. The van der Waals surface area contributed by atoms with E-state index in [0.29, 0.717) is 27.9 Å². The molecule has 1 aromatic heterocycles. The Morgan fingerprint density at radius 2 is 2.03 bits per heavy atom. The van der Waals surface area contributed by atoms with Gasteiger partial charge < -0.3 is 14.8 Å². The van der Waals surface area contributed by atoms with E-state index in [-0.39, 0.29) is 0 Å². The molecule has 0 saturated heterocycles. The minimum atomic E-state index is -0.517. The molecule has 0 fully saturated rings. The highest BCUT2D eigenvalue weighted by Crippen LogP contribution is 2.32. The first-order valence-corrected chi connectivity index (χ1v) is 10.5. The molecule has 0 radical (unpaired) electrons. The number of nitrogens with one attached hydrogen (secondary N) is 1. The number of carbonyl (C=O) groups excluding carboxylic acids is 2. The summed E-state index contributed by atoms with van der Waals surface area (Å²) in [4.78, 5) is 30.3. The van der Waals surface area contributed by atoms with Gasteiger partial charge in [0.15, 0.2) is 6.61 Å². The Morgan fingerprint density at radius 3 is 2.84 bits per heavy atom. The van der Waals surface area contributed by atoms with Crippen molar-refractivity contribution in [2.24, 2.45) is 5.92 Å². The van der Waals surface area contributed by atoms with Crippen LogP contribution in [0.1, 0.15) is 35.0 Å². The maximum absolute atomic E-state index is 13.1. The number of para-hydroxylation sites is 1. The second kappa shape index (κ2) is 8.94. The summed E-state index contributed by atoms with van der Waals surface area (Å²) in [6.07, 6.45) is 2.64. The predicted molar refractivity (Wildman–Crippen MR) is 120 cm³/mol. The summed E-state index contributed by atoms with van der Waals surface area (Å²) in [5.41, 5.74) is 3.56. The SMILES string of the molecule is COc1ccc(Cl)cc1NC(=O)COC(=O)c1c2c(nc3ccccc13)CC[C@H](C)C2. The molecule has 6 nitrogen and oxygen atoms in total. The normalized spacial score (nSPS) is 15.3. The number of aromatic nitrogens is 1. The molecule has 1 N–H and O–H groups in total. The number of amides is 1. The number of aryl methyl sites for hydroxylation is 1. The van der Waals surface area contributed by atoms with Crippen LogP contribution >= 0.6 is 11.6 Å². The monoisotopic (exact) mass is 438 g/mol. The van der Waals surface area contributed by atoms with Gasteiger partial charge in [-0.25, -0.2) is 4.79 Å². The minimum absolute atomic E-state index is 0.414. The molecule has 1 atom stereocenters. The van der Waals surface area contributed by atoms with Crippen LogP contribution in [0.4, 0.5) is 5.69 Å². The Kier molecular flexibility index (Phi) is 6.09. The van der Waals surface area contributed by atoms with E-state index < -0.39 is 18.5 Å². The topological polar surface area (TPSA) is 77.5 Å². The minimum Gasteiger partial charge on any atom is -0.495 e. The molecular weight excluding hydrogens is 416 g/mol. The third-order valence-corrected chi connectivity index (χ3v) is 5.71. The fourth-order valence-electron chi connectivity index (χ4n) is 3.96. The molecule has 0 unspecified atom stereocenters. The van der Waals surface area contributed by atoms with Crippen LogP contribution < -0.4 is 10.1 Å².